The van der Waals surface area contributed by atoms with E-state index >= 15 is 0 Å². The second-order valence-corrected chi connectivity index (χ2v) is 11.0. The predicted octanol–water partition coefficient (Wildman–Crippen LogP) is 2.43. The lowest BCUT2D eigenvalue weighted by Gasteiger charge is -2.56. The summed E-state index contributed by atoms with van der Waals surface area (Å²) in [6.07, 6.45) is 1.11. The van der Waals surface area contributed by atoms with Gasteiger partial charge >= 0.3 is 0 Å². The summed E-state index contributed by atoms with van der Waals surface area (Å²) in [5.41, 5.74) is 2.67. The minimum Gasteiger partial charge on any atom is -0.484 e. The fourth-order valence-corrected chi connectivity index (χ4v) is 5.72. The van der Waals surface area contributed by atoms with Gasteiger partial charge in [0.2, 0.25) is 5.91 Å². The van der Waals surface area contributed by atoms with Crippen molar-refractivity contribution in [3.63, 3.8) is 0 Å². The Kier molecular flexibility index (Phi) is 8.18. The van der Waals surface area contributed by atoms with Gasteiger partial charge in [0, 0.05) is 16.6 Å². The van der Waals surface area contributed by atoms with Crippen LogP contribution in [0.15, 0.2) is 42.5 Å². The topological polar surface area (TPSA) is 124 Å². The molecule has 10 nitrogen and oxygen atoms in total. The molecule has 3 saturated carbocycles. The molecule has 2 amide bonds. The fourth-order valence-electron chi connectivity index (χ4n) is 5.47. The molecule has 1 saturated heterocycles. The first-order valence-electron chi connectivity index (χ1n) is 12.7. The molecule has 2 atom stereocenters. The number of halogens is 3. The summed E-state index contributed by atoms with van der Waals surface area (Å²) >= 11 is 11.6. The first-order chi connectivity index (χ1) is 18.7. The molecule has 1 unspecified atom stereocenters. The molecule has 0 spiro atoms. The number of rotatable bonds is 9. The molecular weight excluding hydrogens is 552 g/mol. The van der Waals surface area contributed by atoms with E-state index in [0.717, 1.165) is 11.8 Å². The fraction of sp³-hybridized carbons (Fsp3) is 0.462. The van der Waals surface area contributed by atoms with Crippen LogP contribution in [0.25, 0.3) is 0 Å². The van der Waals surface area contributed by atoms with Gasteiger partial charge in [0.25, 0.3) is 5.91 Å². The van der Waals surface area contributed by atoms with Crippen molar-refractivity contribution in [2.75, 3.05) is 24.9 Å². The summed E-state index contributed by atoms with van der Waals surface area (Å²) in [4.78, 5) is 25.3. The molecule has 4 aliphatic rings. The first kappa shape index (κ1) is 27.9. The van der Waals surface area contributed by atoms with Crippen molar-refractivity contribution in [3.05, 3.63) is 58.3 Å². The van der Waals surface area contributed by atoms with Crippen LogP contribution >= 0.6 is 23.2 Å². The van der Waals surface area contributed by atoms with Crippen LogP contribution in [0.2, 0.25) is 10.0 Å². The number of aliphatic hydroxyl groups excluding tert-OH is 1. The van der Waals surface area contributed by atoms with Gasteiger partial charge in [-0.1, -0.05) is 23.2 Å². The van der Waals surface area contributed by atoms with Gasteiger partial charge in [-0.15, -0.1) is 0 Å². The Morgan fingerprint density at radius 2 is 1.77 bits per heavy atom. The molecule has 1 aliphatic heterocycles. The van der Waals surface area contributed by atoms with E-state index in [2.05, 4.69) is 21.4 Å². The van der Waals surface area contributed by atoms with Crippen LogP contribution in [0, 0.1) is 5.82 Å². The minimum atomic E-state index is -0.835. The summed E-state index contributed by atoms with van der Waals surface area (Å²) in [5, 5.41) is 22.5. The zero-order valence-electron chi connectivity index (χ0n) is 21.0. The van der Waals surface area contributed by atoms with Crippen LogP contribution in [0.1, 0.15) is 32.1 Å². The van der Waals surface area contributed by atoms with Crippen molar-refractivity contribution in [1.29, 1.82) is 0 Å². The second-order valence-electron chi connectivity index (χ2n) is 10.2. The maximum Gasteiger partial charge on any atom is 0.258 e. The predicted molar refractivity (Wildman–Crippen MR) is 143 cm³/mol. The summed E-state index contributed by atoms with van der Waals surface area (Å²) in [7, 11) is 0. The van der Waals surface area contributed by atoms with Gasteiger partial charge in [-0.3, -0.25) is 19.9 Å². The summed E-state index contributed by atoms with van der Waals surface area (Å²) in [5.74, 6) is -1.13. The third-order valence-corrected chi connectivity index (χ3v) is 8.16. The van der Waals surface area contributed by atoms with Crippen molar-refractivity contribution >= 4 is 40.7 Å². The molecule has 2 aromatic rings. The molecule has 2 aromatic carbocycles. The Balaban J connectivity index is 1.07. The summed E-state index contributed by atoms with van der Waals surface area (Å²) in [6, 6.07) is 11.3. The smallest absolute Gasteiger partial charge is 0.258 e. The molecule has 0 aromatic heterocycles. The van der Waals surface area contributed by atoms with Crippen LogP contribution in [0.5, 0.6) is 5.75 Å². The number of hydrazine groups is 1. The van der Waals surface area contributed by atoms with Crippen molar-refractivity contribution in [2.45, 2.75) is 55.6 Å². The molecule has 5 N–H and O–H groups in total. The molecule has 0 radical (unpaired) electrons. The second kappa shape index (κ2) is 11.4. The van der Waals surface area contributed by atoms with E-state index < -0.39 is 29.4 Å². The normalized spacial score (nSPS) is 27.8. The Labute approximate surface area is 235 Å². The van der Waals surface area contributed by atoms with Crippen LogP contribution in [0.3, 0.4) is 0 Å². The van der Waals surface area contributed by atoms with E-state index in [0.29, 0.717) is 43.8 Å². The maximum absolute atomic E-state index is 13.6. The van der Waals surface area contributed by atoms with E-state index in [4.69, 9.17) is 32.7 Å². The number of ether oxygens (including phenoxy) is 2. The molecule has 13 heteroatoms. The average Bonchev–Trinajstić information content (AvgIpc) is 3.39. The monoisotopic (exact) mass is 581 g/mol. The number of benzene rings is 2. The highest BCUT2D eigenvalue weighted by Gasteiger charge is 2.55. The quantitative estimate of drug-likeness (QED) is 0.306. The maximum atomic E-state index is 13.6. The third-order valence-electron chi connectivity index (χ3n) is 7.60. The standard InChI is InChI=1S/C26H30Cl2FN5O5/c27-16-1-3-17(4-2-16)34-15-30-24(33-34)39-14-23(37)32-26-9-7-25(8-10-26,12-21(26)35)31-22(36)13-38-18-5-6-19(28)20(29)11-18/h1-6,11,21,24,30,33,35H,7-10,12-15H2,(H,31,36)(H,32,37)/t21-,24?,25?,26?/m0/s1. The highest BCUT2D eigenvalue weighted by atomic mass is 35.5. The largest absolute Gasteiger partial charge is 0.484 e. The van der Waals surface area contributed by atoms with E-state index in [9.17, 15) is 19.1 Å². The molecule has 39 heavy (non-hydrogen) atoms. The number of hydrogen-bond donors (Lipinski definition) is 5. The number of amides is 2. The third kappa shape index (κ3) is 6.40. The van der Waals surface area contributed by atoms with Crippen molar-refractivity contribution in [1.82, 2.24) is 21.4 Å². The first-order valence-corrected chi connectivity index (χ1v) is 13.4. The Morgan fingerprint density at radius 3 is 2.46 bits per heavy atom. The number of fused-ring (bicyclic) bond motifs is 3. The van der Waals surface area contributed by atoms with Gasteiger partial charge in [-0.2, -0.15) is 5.43 Å². The number of hydrogen-bond acceptors (Lipinski definition) is 8. The van der Waals surface area contributed by atoms with Gasteiger partial charge < -0.3 is 25.2 Å². The Bertz CT molecular complexity index is 1210. The Hall–Kier alpha value is -2.67. The molecule has 4 fully saturated rings. The highest BCUT2D eigenvalue weighted by molar-refractivity contribution is 6.31. The van der Waals surface area contributed by atoms with Gasteiger partial charge in [0.1, 0.15) is 18.2 Å². The van der Waals surface area contributed by atoms with E-state index in [1.165, 1.54) is 12.1 Å². The molecule has 1 heterocycles. The van der Waals surface area contributed by atoms with E-state index in [1.54, 1.807) is 12.1 Å². The van der Waals surface area contributed by atoms with Gasteiger partial charge in [0.05, 0.1) is 29.0 Å². The zero-order valence-corrected chi connectivity index (χ0v) is 22.5. The van der Waals surface area contributed by atoms with Crippen molar-refractivity contribution in [3.8, 4) is 5.75 Å². The average molecular weight is 582 g/mol. The van der Waals surface area contributed by atoms with Crippen LogP contribution in [0.4, 0.5) is 10.1 Å². The summed E-state index contributed by atoms with van der Waals surface area (Å²) in [6.45, 7) is -0.0130. The molecule has 210 valence electrons. The van der Waals surface area contributed by atoms with Gasteiger partial charge in [-0.25, -0.2) is 4.39 Å². The highest BCUT2D eigenvalue weighted by Crippen LogP contribution is 2.47. The molecular formula is C26H30Cl2FN5O5. The Morgan fingerprint density at radius 1 is 1.05 bits per heavy atom. The number of nitrogens with one attached hydrogen (secondary N) is 4. The number of carbonyl (C=O) groups is 2. The van der Waals surface area contributed by atoms with Crippen LogP contribution in [-0.4, -0.2) is 60.3 Å². The molecule has 3 aliphatic carbocycles. The van der Waals surface area contributed by atoms with Crippen LogP contribution in [-0.2, 0) is 14.3 Å². The molecule has 6 rings (SSSR count). The molecule has 2 bridgehead atoms. The van der Waals surface area contributed by atoms with Gasteiger partial charge in [-0.05, 0) is 68.5 Å². The minimum absolute atomic E-state index is 0.0288. The summed E-state index contributed by atoms with van der Waals surface area (Å²) < 4.78 is 24.7. The number of carbonyl (C=O) groups excluding carboxylic acids is 2. The van der Waals surface area contributed by atoms with Crippen LogP contribution < -0.4 is 31.1 Å². The zero-order chi connectivity index (χ0) is 27.6. The van der Waals surface area contributed by atoms with Crippen molar-refractivity contribution in [2.24, 2.45) is 0 Å². The lowest BCUT2D eigenvalue weighted by molar-refractivity contribution is -0.140. The van der Waals surface area contributed by atoms with E-state index in [-0.39, 0.29) is 35.8 Å². The van der Waals surface area contributed by atoms with Gasteiger partial charge in [0.15, 0.2) is 13.0 Å². The number of anilines is 1. The number of aliphatic hydroxyl groups is 1. The lowest BCUT2D eigenvalue weighted by atomic mass is 9.60. The van der Waals surface area contributed by atoms with E-state index in [1.807, 2.05) is 17.1 Å². The lowest BCUT2D eigenvalue weighted by Crippen LogP contribution is -2.70. The van der Waals surface area contributed by atoms with Crippen molar-refractivity contribution < 1.29 is 28.6 Å². The SMILES string of the molecule is O=C(COc1ccc(Cl)c(F)c1)NC12CCC(NC(=O)COC3NCN(c4ccc(Cl)cc4)N3)(CC1)[C@@H](O)C2. The number of nitrogens with zero attached hydrogens (tertiary/aromatic N) is 1.